The van der Waals surface area contributed by atoms with E-state index in [4.69, 9.17) is 4.74 Å². The van der Waals surface area contributed by atoms with Crippen LogP contribution in [0.2, 0.25) is 0 Å². The molecule has 1 aliphatic rings. The van der Waals surface area contributed by atoms with Gasteiger partial charge in [-0.25, -0.2) is 4.79 Å². The Balaban J connectivity index is 1.70. The zero-order valence-corrected chi connectivity index (χ0v) is 12.1. The molecule has 1 atom stereocenters. The summed E-state index contributed by atoms with van der Waals surface area (Å²) >= 11 is 0. The van der Waals surface area contributed by atoms with Crippen LogP contribution in [0.15, 0.2) is 85.1 Å². The molecular weight excluding hydrogens is 274 g/mol. The summed E-state index contributed by atoms with van der Waals surface area (Å²) in [5, 5.41) is 0. The van der Waals surface area contributed by atoms with Gasteiger partial charge in [0.05, 0.1) is 6.04 Å². The molecule has 1 amide bonds. The van der Waals surface area contributed by atoms with E-state index in [2.05, 4.69) is 0 Å². The highest BCUT2D eigenvalue weighted by molar-refractivity contribution is 5.70. The number of carbonyl (C=O) groups is 1. The fourth-order valence-corrected chi connectivity index (χ4v) is 2.39. The molecule has 0 N–H and O–H groups in total. The molecule has 0 spiro atoms. The van der Waals surface area contributed by atoms with Crippen LogP contribution in [0, 0.1) is 0 Å². The predicted molar refractivity (Wildman–Crippen MR) is 85.9 cm³/mol. The van der Waals surface area contributed by atoms with Crippen molar-refractivity contribution in [3.8, 4) is 0 Å². The third-order valence-corrected chi connectivity index (χ3v) is 3.51. The molecule has 3 nitrogen and oxygen atoms in total. The molecule has 1 aliphatic heterocycles. The smallest absolute Gasteiger partial charge is 0.414 e. The Hall–Kier alpha value is -2.81. The zero-order chi connectivity index (χ0) is 15.2. The molecule has 0 radical (unpaired) electrons. The third-order valence-electron chi connectivity index (χ3n) is 3.51. The van der Waals surface area contributed by atoms with Gasteiger partial charge in [-0.3, -0.25) is 4.90 Å². The second-order valence-corrected chi connectivity index (χ2v) is 5.03. The monoisotopic (exact) mass is 291 g/mol. The number of allylic oxidation sites excluding steroid dienone is 2. The number of rotatable bonds is 3. The summed E-state index contributed by atoms with van der Waals surface area (Å²) in [5.41, 5.74) is 2.03. The number of benzene rings is 2. The van der Waals surface area contributed by atoms with E-state index < -0.39 is 0 Å². The molecule has 22 heavy (non-hydrogen) atoms. The highest BCUT2D eigenvalue weighted by Crippen LogP contribution is 2.26. The normalized spacial score (nSPS) is 16.5. The summed E-state index contributed by atoms with van der Waals surface area (Å²) in [6.07, 6.45) is 7.17. The Labute approximate surface area is 130 Å². The van der Waals surface area contributed by atoms with Crippen molar-refractivity contribution in [3.05, 3.63) is 96.2 Å². The van der Waals surface area contributed by atoms with Crippen LogP contribution in [-0.2, 0) is 11.3 Å². The van der Waals surface area contributed by atoms with Crippen molar-refractivity contribution in [2.24, 2.45) is 0 Å². The molecule has 3 heteroatoms. The lowest BCUT2D eigenvalue weighted by molar-refractivity contribution is 0.103. The predicted octanol–water partition coefficient (Wildman–Crippen LogP) is 4.45. The topological polar surface area (TPSA) is 29.5 Å². The first-order chi connectivity index (χ1) is 10.8. The molecule has 2 aromatic rings. The van der Waals surface area contributed by atoms with Crippen molar-refractivity contribution in [3.63, 3.8) is 0 Å². The van der Waals surface area contributed by atoms with Gasteiger partial charge >= 0.3 is 6.09 Å². The van der Waals surface area contributed by atoms with E-state index in [1.807, 2.05) is 78.9 Å². The van der Waals surface area contributed by atoms with Gasteiger partial charge in [0, 0.05) is 6.20 Å². The number of hydrogen-bond donors (Lipinski definition) is 0. The molecule has 0 aliphatic carbocycles. The summed E-state index contributed by atoms with van der Waals surface area (Å²) in [6.45, 7) is 0.273. The maximum absolute atomic E-state index is 12.4. The van der Waals surface area contributed by atoms with Gasteiger partial charge in [-0.15, -0.1) is 0 Å². The summed E-state index contributed by atoms with van der Waals surface area (Å²) in [7, 11) is 0. The molecule has 0 saturated heterocycles. The van der Waals surface area contributed by atoms with E-state index in [1.54, 1.807) is 11.1 Å². The summed E-state index contributed by atoms with van der Waals surface area (Å²) < 4.78 is 5.42. The van der Waals surface area contributed by atoms with Crippen molar-refractivity contribution < 1.29 is 9.53 Å². The van der Waals surface area contributed by atoms with Crippen molar-refractivity contribution in [2.45, 2.75) is 12.6 Å². The molecule has 0 unspecified atom stereocenters. The van der Waals surface area contributed by atoms with E-state index >= 15 is 0 Å². The van der Waals surface area contributed by atoms with Gasteiger partial charge in [-0.05, 0) is 17.2 Å². The van der Waals surface area contributed by atoms with Crippen LogP contribution in [0.1, 0.15) is 17.2 Å². The number of carbonyl (C=O) groups excluding carboxylic acids is 1. The van der Waals surface area contributed by atoms with E-state index in [0.717, 1.165) is 11.1 Å². The minimum atomic E-state index is -0.349. The van der Waals surface area contributed by atoms with Crippen LogP contribution in [-0.4, -0.2) is 11.0 Å². The minimum Gasteiger partial charge on any atom is -0.444 e. The average Bonchev–Trinajstić information content (AvgIpc) is 2.61. The Morgan fingerprint density at radius 1 is 0.955 bits per heavy atom. The second-order valence-electron chi connectivity index (χ2n) is 5.03. The van der Waals surface area contributed by atoms with Gasteiger partial charge in [0.1, 0.15) is 6.61 Å². The Morgan fingerprint density at radius 2 is 1.64 bits per heavy atom. The van der Waals surface area contributed by atoms with Gasteiger partial charge < -0.3 is 4.74 Å². The fourth-order valence-electron chi connectivity index (χ4n) is 2.39. The molecular formula is C19H17NO2. The largest absolute Gasteiger partial charge is 0.444 e. The first-order valence-electron chi connectivity index (χ1n) is 7.23. The molecule has 0 fully saturated rings. The van der Waals surface area contributed by atoms with Gasteiger partial charge in [-0.1, -0.05) is 72.8 Å². The Morgan fingerprint density at radius 3 is 2.36 bits per heavy atom. The molecule has 110 valence electrons. The first-order valence-corrected chi connectivity index (χ1v) is 7.23. The van der Waals surface area contributed by atoms with E-state index in [1.165, 1.54) is 0 Å². The lowest BCUT2D eigenvalue weighted by atomic mass is 10.0. The van der Waals surface area contributed by atoms with E-state index in [9.17, 15) is 4.79 Å². The number of hydrogen-bond acceptors (Lipinski definition) is 2. The van der Waals surface area contributed by atoms with Gasteiger partial charge in [0.2, 0.25) is 0 Å². The maximum Gasteiger partial charge on any atom is 0.414 e. The van der Waals surface area contributed by atoms with Gasteiger partial charge in [0.25, 0.3) is 0 Å². The summed E-state index contributed by atoms with van der Waals surface area (Å²) in [4.78, 5) is 14.0. The van der Waals surface area contributed by atoms with Crippen molar-refractivity contribution in [1.29, 1.82) is 0 Å². The third kappa shape index (κ3) is 3.26. The number of ether oxygens (including phenoxy) is 1. The van der Waals surface area contributed by atoms with Crippen LogP contribution in [0.5, 0.6) is 0 Å². The number of nitrogens with zero attached hydrogens (tertiary/aromatic N) is 1. The van der Waals surface area contributed by atoms with Gasteiger partial charge in [-0.2, -0.15) is 0 Å². The molecule has 0 saturated carbocycles. The Bertz CT molecular complexity index is 677. The average molecular weight is 291 g/mol. The molecule has 2 aromatic carbocycles. The van der Waals surface area contributed by atoms with Crippen molar-refractivity contribution >= 4 is 6.09 Å². The number of amides is 1. The Kier molecular flexibility index (Phi) is 4.35. The zero-order valence-electron chi connectivity index (χ0n) is 12.1. The summed E-state index contributed by atoms with van der Waals surface area (Å²) in [6, 6.07) is 19.5. The molecule has 0 aromatic heterocycles. The lowest BCUT2D eigenvalue weighted by Crippen LogP contribution is -2.31. The van der Waals surface area contributed by atoms with Gasteiger partial charge in [0.15, 0.2) is 0 Å². The van der Waals surface area contributed by atoms with Crippen molar-refractivity contribution in [1.82, 2.24) is 4.90 Å². The lowest BCUT2D eigenvalue weighted by Gasteiger charge is -2.28. The molecule has 3 rings (SSSR count). The van der Waals surface area contributed by atoms with Crippen molar-refractivity contribution in [2.75, 3.05) is 0 Å². The highest BCUT2D eigenvalue weighted by Gasteiger charge is 2.23. The van der Waals surface area contributed by atoms with Crippen LogP contribution < -0.4 is 0 Å². The van der Waals surface area contributed by atoms with Crippen LogP contribution in [0.25, 0.3) is 0 Å². The SMILES string of the molecule is O=C(OCc1ccccc1)N1C=CC=C[C@@H]1c1ccccc1. The van der Waals surface area contributed by atoms with Crippen LogP contribution in [0.4, 0.5) is 4.79 Å². The van der Waals surface area contributed by atoms with E-state index in [0.29, 0.717) is 0 Å². The summed E-state index contributed by atoms with van der Waals surface area (Å²) in [5.74, 6) is 0. The standard InChI is InChI=1S/C19H17NO2/c21-19(22-15-16-9-3-1-4-10-16)20-14-8-7-13-18(20)17-11-5-2-6-12-17/h1-14,18H,15H2/t18-/m1/s1. The quantitative estimate of drug-likeness (QED) is 0.836. The first kappa shape index (κ1) is 14.1. The van der Waals surface area contributed by atoms with Crippen LogP contribution >= 0.6 is 0 Å². The highest BCUT2D eigenvalue weighted by atomic mass is 16.6. The molecule has 1 heterocycles. The maximum atomic E-state index is 12.4. The minimum absolute atomic E-state index is 0.130. The fraction of sp³-hybridized carbons (Fsp3) is 0.105. The van der Waals surface area contributed by atoms with E-state index in [-0.39, 0.29) is 18.7 Å². The second kappa shape index (κ2) is 6.76. The molecule has 0 bridgehead atoms. The van der Waals surface area contributed by atoms with Crippen LogP contribution in [0.3, 0.4) is 0 Å².